The van der Waals surface area contributed by atoms with Crippen LogP contribution in [-0.4, -0.2) is 39.3 Å². The summed E-state index contributed by atoms with van der Waals surface area (Å²) in [5, 5.41) is 13.5. The van der Waals surface area contributed by atoms with Gasteiger partial charge in [-0.1, -0.05) is 62.5 Å². The summed E-state index contributed by atoms with van der Waals surface area (Å²) in [6, 6.07) is 8.86. The van der Waals surface area contributed by atoms with Crippen LogP contribution >= 0.6 is 0 Å². The Bertz CT molecular complexity index is 645. The van der Waals surface area contributed by atoms with Crippen LogP contribution in [0.15, 0.2) is 28.8 Å². The number of hydrogen-bond donors (Lipinski definition) is 1. The van der Waals surface area contributed by atoms with Crippen LogP contribution in [0.4, 0.5) is 0 Å². The highest BCUT2D eigenvalue weighted by Crippen LogP contribution is 2.25. The lowest BCUT2D eigenvalue weighted by atomic mass is 9.94. The third-order valence-corrected chi connectivity index (χ3v) is 5.12. The molecule has 1 N–H and O–H groups in total. The van der Waals surface area contributed by atoms with Gasteiger partial charge in [0.2, 0.25) is 11.7 Å². The van der Waals surface area contributed by atoms with E-state index in [1.54, 1.807) is 0 Å². The zero-order valence-electron chi connectivity index (χ0n) is 15.3. The molecule has 2 aromatic rings. The zero-order valence-corrected chi connectivity index (χ0v) is 15.3. The van der Waals surface area contributed by atoms with Crippen molar-refractivity contribution in [2.24, 2.45) is 0 Å². The molecule has 1 aromatic carbocycles. The summed E-state index contributed by atoms with van der Waals surface area (Å²) in [6.07, 6.45) is 6.24. The van der Waals surface area contributed by atoms with E-state index in [9.17, 15) is 5.11 Å². The fraction of sp³-hybridized carbons (Fsp3) is 0.600. The molecule has 0 unspecified atom stereocenters. The molecule has 1 aliphatic carbocycles. The van der Waals surface area contributed by atoms with Gasteiger partial charge in [0.05, 0.1) is 13.2 Å². The summed E-state index contributed by atoms with van der Waals surface area (Å²) in [7, 11) is 0. The first-order valence-corrected chi connectivity index (χ1v) is 9.45. The summed E-state index contributed by atoms with van der Waals surface area (Å²) in [6.45, 7) is 5.80. The molecule has 5 heteroatoms. The molecule has 1 fully saturated rings. The molecule has 0 radical (unpaired) electrons. The van der Waals surface area contributed by atoms with E-state index in [0.717, 1.165) is 5.56 Å². The van der Waals surface area contributed by atoms with Gasteiger partial charge in [0.25, 0.3) is 0 Å². The van der Waals surface area contributed by atoms with Gasteiger partial charge >= 0.3 is 0 Å². The van der Waals surface area contributed by atoms with E-state index in [2.05, 4.69) is 53.2 Å². The molecule has 25 heavy (non-hydrogen) atoms. The topological polar surface area (TPSA) is 62.4 Å². The van der Waals surface area contributed by atoms with Crippen LogP contribution in [-0.2, 0) is 6.54 Å². The van der Waals surface area contributed by atoms with Crippen molar-refractivity contribution in [1.29, 1.82) is 0 Å². The second-order valence-electron chi connectivity index (χ2n) is 7.27. The summed E-state index contributed by atoms with van der Waals surface area (Å²) in [4.78, 5) is 6.86. The fourth-order valence-electron chi connectivity index (χ4n) is 3.59. The second-order valence-corrected chi connectivity index (χ2v) is 7.27. The molecular formula is C20H29N3O2. The van der Waals surface area contributed by atoms with E-state index in [0.29, 0.717) is 36.8 Å². The molecule has 0 aliphatic heterocycles. The molecular weight excluding hydrogens is 314 g/mol. The number of benzene rings is 1. The lowest BCUT2D eigenvalue weighted by Gasteiger charge is -2.32. The maximum atomic E-state index is 9.39. The molecule has 3 rings (SSSR count). The van der Waals surface area contributed by atoms with Crippen molar-refractivity contribution < 1.29 is 9.63 Å². The fourth-order valence-corrected chi connectivity index (χ4v) is 3.59. The quantitative estimate of drug-likeness (QED) is 0.824. The number of rotatable bonds is 7. The smallest absolute Gasteiger partial charge is 0.241 e. The number of aliphatic hydroxyl groups is 1. The van der Waals surface area contributed by atoms with Gasteiger partial charge in [0.1, 0.15) is 0 Å². The van der Waals surface area contributed by atoms with E-state index >= 15 is 0 Å². The van der Waals surface area contributed by atoms with Crippen LogP contribution in [0.1, 0.15) is 63.3 Å². The molecule has 1 heterocycles. The minimum absolute atomic E-state index is 0.161. The van der Waals surface area contributed by atoms with E-state index in [-0.39, 0.29) is 6.61 Å². The Morgan fingerprint density at radius 2 is 1.88 bits per heavy atom. The molecule has 0 amide bonds. The van der Waals surface area contributed by atoms with E-state index < -0.39 is 0 Å². The van der Waals surface area contributed by atoms with Crippen LogP contribution in [0.5, 0.6) is 0 Å². The normalized spacial score (nSPS) is 16.0. The largest absolute Gasteiger partial charge is 0.395 e. The van der Waals surface area contributed by atoms with E-state index in [1.165, 1.54) is 37.7 Å². The van der Waals surface area contributed by atoms with Crippen molar-refractivity contribution in [2.45, 2.75) is 64.5 Å². The summed E-state index contributed by atoms with van der Waals surface area (Å²) in [5.41, 5.74) is 2.28. The van der Waals surface area contributed by atoms with Gasteiger partial charge in [-0.15, -0.1) is 0 Å². The number of nitrogens with zero attached hydrogens (tertiary/aromatic N) is 3. The maximum absolute atomic E-state index is 9.39. The highest BCUT2D eigenvalue weighted by Gasteiger charge is 2.23. The molecule has 1 aromatic heterocycles. The Kier molecular flexibility index (Phi) is 6.21. The van der Waals surface area contributed by atoms with Crippen molar-refractivity contribution in [1.82, 2.24) is 15.0 Å². The Labute approximate surface area is 150 Å². The predicted octanol–water partition coefficient (Wildman–Crippen LogP) is 3.99. The number of aromatic nitrogens is 2. The van der Waals surface area contributed by atoms with E-state index in [4.69, 9.17) is 4.52 Å². The Balaban J connectivity index is 1.68. The Hall–Kier alpha value is -1.72. The van der Waals surface area contributed by atoms with Crippen LogP contribution < -0.4 is 0 Å². The van der Waals surface area contributed by atoms with Gasteiger partial charge in [0.15, 0.2) is 0 Å². The summed E-state index contributed by atoms with van der Waals surface area (Å²) in [5.74, 6) is 1.78. The monoisotopic (exact) mass is 343 g/mol. The molecule has 0 bridgehead atoms. The standard InChI is InChI=1S/C20H29N3O2/c1-15(2)16-8-10-17(11-9-16)20-21-19(25-22-20)14-23(12-13-24)18-6-4-3-5-7-18/h8-11,15,18,24H,3-7,12-14H2,1-2H3. The van der Waals surface area contributed by atoms with Gasteiger partial charge in [-0.2, -0.15) is 4.98 Å². The van der Waals surface area contributed by atoms with E-state index in [1.807, 2.05) is 0 Å². The number of aliphatic hydroxyl groups excluding tert-OH is 1. The maximum Gasteiger partial charge on any atom is 0.241 e. The molecule has 0 atom stereocenters. The third-order valence-electron chi connectivity index (χ3n) is 5.12. The van der Waals surface area contributed by atoms with Crippen molar-refractivity contribution in [2.75, 3.05) is 13.2 Å². The molecule has 1 aliphatic rings. The van der Waals surface area contributed by atoms with Crippen LogP contribution in [0.25, 0.3) is 11.4 Å². The first kappa shape index (κ1) is 18.1. The van der Waals surface area contributed by atoms with Gasteiger partial charge in [-0.05, 0) is 24.3 Å². The second kappa shape index (κ2) is 8.59. The summed E-state index contributed by atoms with van der Waals surface area (Å²) >= 11 is 0. The minimum Gasteiger partial charge on any atom is -0.395 e. The van der Waals surface area contributed by atoms with Gasteiger partial charge in [-0.25, -0.2) is 0 Å². The van der Waals surface area contributed by atoms with Crippen LogP contribution in [0.2, 0.25) is 0 Å². The van der Waals surface area contributed by atoms with Gasteiger partial charge < -0.3 is 9.63 Å². The van der Waals surface area contributed by atoms with Gasteiger partial charge in [0, 0.05) is 18.2 Å². The zero-order chi connectivity index (χ0) is 17.6. The average Bonchev–Trinajstić information content (AvgIpc) is 3.11. The predicted molar refractivity (Wildman–Crippen MR) is 98.2 cm³/mol. The molecule has 5 nitrogen and oxygen atoms in total. The molecule has 1 saturated carbocycles. The van der Waals surface area contributed by atoms with Gasteiger partial charge in [-0.3, -0.25) is 4.90 Å². The highest BCUT2D eigenvalue weighted by molar-refractivity contribution is 5.54. The minimum atomic E-state index is 0.161. The van der Waals surface area contributed by atoms with Crippen LogP contribution in [0, 0.1) is 0 Å². The first-order valence-electron chi connectivity index (χ1n) is 9.45. The molecule has 0 saturated heterocycles. The van der Waals surface area contributed by atoms with Crippen molar-refractivity contribution in [3.8, 4) is 11.4 Å². The average molecular weight is 343 g/mol. The number of hydrogen-bond acceptors (Lipinski definition) is 5. The summed E-state index contributed by atoms with van der Waals surface area (Å²) < 4.78 is 5.48. The lowest BCUT2D eigenvalue weighted by molar-refractivity contribution is 0.105. The lowest BCUT2D eigenvalue weighted by Crippen LogP contribution is -2.38. The third kappa shape index (κ3) is 4.67. The van der Waals surface area contributed by atoms with Crippen molar-refractivity contribution in [3.05, 3.63) is 35.7 Å². The molecule has 0 spiro atoms. The van der Waals surface area contributed by atoms with Crippen molar-refractivity contribution >= 4 is 0 Å². The first-order chi connectivity index (χ1) is 12.2. The van der Waals surface area contributed by atoms with Crippen LogP contribution in [0.3, 0.4) is 0 Å². The molecule has 136 valence electrons. The SMILES string of the molecule is CC(C)c1ccc(-c2noc(CN(CCO)C3CCCCC3)n2)cc1. The Morgan fingerprint density at radius 1 is 1.16 bits per heavy atom. The Morgan fingerprint density at radius 3 is 2.52 bits per heavy atom. The van der Waals surface area contributed by atoms with Crippen molar-refractivity contribution in [3.63, 3.8) is 0 Å². The highest BCUT2D eigenvalue weighted by atomic mass is 16.5.